The van der Waals surface area contributed by atoms with Crippen molar-refractivity contribution in [2.45, 2.75) is 23.6 Å². The fourth-order valence-electron chi connectivity index (χ4n) is 1.09. The number of hydrogen-bond donors (Lipinski definition) is 1. The van der Waals surface area contributed by atoms with E-state index in [1.165, 1.54) is 24.3 Å². The number of sulfonamides is 1. The van der Waals surface area contributed by atoms with Gasteiger partial charge in [0, 0.05) is 11.4 Å². The molecule has 1 aromatic rings. The van der Waals surface area contributed by atoms with E-state index in [0.717, 1.165) is 0 Å². The molecule has 0 saturated heterocycles. The summed E-state index contributed by atoms with van der Waals surface area (Å²) < 4.78 is 47.2. The Kier molecular flexibility index (Phi) is 7.84. The van der Waals surface area contributed by atoms with Gasteiger partial charge >= 0.3 is 29.6 Å². The van der Waals surface area contributed by atoms with Crippen LogP contribution >= 0.6 is 0 Å². The van der Waals surface area contributed by atoms with E-state index >= 15 is 0 Å². The minimum Gasteiger partial charge on any atom is -0.768 e. The Labute approximate surface area is 132 Å². The van der Waals surface area contributed by atoms with E-state index in [2.05, 4.69) is 4.72 Å². The zero-order valence-corrected chi connectivity index (χ0v) is 14.2. The second-order valence-electron chi connectivity index (χ2n) is 3.95. The van der Waals surface area contributed by atoms with E-state index in [4.69, 9.17) is 0 Å². The summed E-state index contributed by atoms with van der Waals surface area (Å²) in [5.41, 5.74) is 0. The molecule has 0 aliphatic rings. The summed E-state index contributed by atoms with van der Waals surface area (Å²) in [6.07, 6.45) is 0. The molecule has 96 valence electrons. The number of hydrogen-bond acceptors (Lipinski definition) is 4. The van der Waals surface area contributed by atoms with Crippen LogP contribution in [-0.4, -0.2) is 23.7 Å². The second-order valence-corrected chi connectivity index (χ2v) is 6.66. The smallest absolute Gasteiger partial charge is 0.768 e. The van der Waals surface area contributed by atoms with Crippen LogP contribution in [0.3, 0.4) is 0 Å². The first-order valence-electron chi connectivity index (χ1n) is 5.02. The molecular weight excluding hydrogens is 285 g/mol. The van der Waals surface area contributed by atoms with Crippen molar-refractivity contribution in [2.24, 2.45) is 5.92 Å². The van der Waals surface area contributed by atoms with Gasteiger partial charge in [0.1, 0.15) is 0 Å². The van der Waals surface area contributed by atoms with Gasteiger partial charge in [-0.3, -0.25) is 4.21 Å². The number of benzene rings is 1. The van der Waals surface area contributed by atoms with Crippen LogP contribution in [0, 0.1) is 5.92 Å². The largest absolute Gasteiger partial charge is 1.00 e. The molecule has 0 amide bonds. The van der Waals surface area contributed by atoms with Crippen molar-refractivity contribution in [3.63, 3.8) is 0 Å². The van der Waals surface area contributed by atoms with Crippen LogP contribution in [-0.2, 0) is 21.1 Å². The summed E-state index contributed by atoms with van der Waals surface area (Å²) in [7, 11) is -3.55. The number of rotatable bonds is 5. The standard InChI is InChI=1S/C10H15NO4S2.Na/c1-8(2)7-11-17(14,15)10-5-3-9(4-6-10)16(12)13;/h3-6,8,11H,7H2,1-2H3,(H,12,13);/q;+1/p-1. The molecule has 1 rings (SSSR count). The van der Waals surface area contributed by atoms with Crippen molar-refractivity contribution in [1.82, 2.24) is 4.72 Å². The first-order chi connectivity index (χ1) is 7.83. The molecule has 0 bridgehead atoms. The predicted octanol–water partition coefficient (Wildman–Crippen LogP) is -2.14. The topological polar surface area (TPSA) is 86.3 Å². The molecule has 0 radical (unpaired) electrons. The van der Waals surface area contributed by atoms with E-state index in [9.17, 15) is 17.2 Å². The molecule has 0 fully saturated rings. The summed E-state index contributed by atoms with van der Waals surface area (Å²) in [5.74, 6) is 0.207. The van der Waals surface area contributed by atoms with Gasteiger partial charge in [-0.25, -0.2) is 13.1 Å². The molecule has 0 spiro atoms. The van der Waals surface area contributed by atoms with E-state index < -0.39 is 21.1 Å². The van der Waals surface area contributed by atoms with Gasteiger partial charge in [-0.05, 0) is 41.3 Å². The fraction of sp³-hybridized carbons (Fsp3) is 0.400. The van der Waals surface area contributed by atoms with Crippen molar-refractivity contribution < 1.29 is 46.7 Å². The Hall–Kier alpha value is 0.240. The average Bonchev–Trinajstić information content (AvgIpc) is 2.27. The van der Waals surface area contributed by atoms with Crippen LogP contribution in [0.5, 0.6) is 0 Å². The van der Waals surface area contributed by atoms with Gasteiger partial charge in [0.05, 0.1) is 4.90 Å². The van der Waals surface area contributed by atoms with Crippen LogP contribution in [0.2, 0.25) is 0 Å². The van der Waals surface area contributed by atoms with Crippen molar-refractivity contribution >= 4 is 21.1 Å². The van der Waals surface area contributed by atoms with Gasteiger partial charge in [-0.15, -0.1) is 0 Å². The molecule has 0 aromatic heterocycles. The molecule has 0 heterocycles. The fourth-order valence-corrected chi connectivity index (χ4v) is 2.66. The maximum atomic E-state index is 11.8. The molecule has 8 heteroatoms. The van der Waals surface area contributed by atoms with Crippen LogP contribution in [0.15, 0.2) is 34.1 Å². The first-order valence-corrected chi connectivity index (χ1v) is 7.57. The Balaban J connectivity index is 0.00000289. The molecule has 0 saturated carbocycles. The summed E-state index contributed by atoms with van der Waals surface area (Å²) >= 11 is -2.34. The molecular formula is C10H14NNaO4S2. The van der Waals surface area contributed by atoms with E-state index in [1.807, 2.05) is 13.8 Å². The minimum absolute atomic E-state index is 0. The normalized spacial score (nSPS) is 13.1. The van der Waals surface area contributed by atoms with Gasteiger partial charge in [-0.2, -0.15) is 0 Å². The Morgan fingerprint density at radius 1 is 1.28 bits per heavy atom. The summed E-state index contributed by atoms with van der Waals surface area (Å²) in [6.45, 7) is 4.13. The molecule has 5 nitrogen and oxygen atoms in total. The van der Waals surface area contributed by atoms with Crippen LogP contribution in [0.4, 0.5) is 0 Å². The van der Waals surface area contributed by atoms with E-state index in [0.29, 0.717) is 6.54 Å². The van der Waals surface area contributed by atoms with Gasteiger partial charge in [-0.1, -0.05) is 13.8 Å². The van der Waals surface area contributed by atoms with Crippen LogP contribution in [0.1, 0.15) is 13.8 Å². The van der Waals surface area contributed by atoms with Gasteiger partial charge in [0.15, 0.2) is 0 Å². The molecule has 1 aromatic carbocycles. The van der Waals surface area contributed by atoms with Crippen molar-refractivity contribution in [3.8, 4) is 0 Å². The molecule has 0 aliphatic heterocycles. The third-order valence-electron chi connectivity index (χ3n) is 2.01. The third kappa shape index (κ3) is 5.48. The van der Waals surface area contributed by atoms with Crippen molar-refractivity contribution in [3.05, 3.63) is 24.3 Å². The first kappa shape index (κ1) is 18.2. The van der Waals surface area contributed by atoms with E-state index in [1.54, 1.807) is 0 Å². The zero-order valence-electron chi connectivity index (χ0n) is 10.5. The van der Waals surface area contributed by atoms with Gasteiger partial charge in [0.2, 0.25) is 10.0 Å². The summed E-state index contributed by atoms with van der Waals surface area (Å²) in [4.78, 5) is 0.125. The maximum Gasteiger partial charge on any atom is 1.00 e. The maximum absolute atomic E-state index is 11.8. The minimum atomic E-state index is -3.55. The molecule has 1 unspecified atom stereocenters. The Morgan fingerprint density at radius 3 is 2.17 bits per heavy atom. The summed E-state index contributed by atoms with van der Waals surface area (Å²) in [6, 6.07) is 5.06. The van der Waals surface area contributed by atoms with Crippen LogP contribution in [0.25, 0.3) is 0 Å². The zero-order chi connectivity index (χ0) is 13.1. The molecule has 1 atom stereocenters. The van der Waals surface area contributed by atoms with Crippen molar-refractivity contribution in [1.29, 1.82) is 0 Å². The van der Waals surface area contributed by atoms with E-state index in [-0.39, 0.29) is 45.3 Å². The molecule has 1 N–H and O–H groups in total. The van der Waals surface area contributed by atoms with Crippen LogP contribution < -0.4 is 34.3 Å². The molecule has 0 aliphatic carbocycles. The van der Waals surface area contributed by atoms with Crippen molar-refractivity contribution in [2.75, 3.05) is 6.54 Å². The second kappa shape index (κ2) is 7.74. The quantitative estimate of drug-likeness (QED) is 0.497. The summed E-state index contributed by atoms with van der Waals surface area (Å²) in [5, 5.41) is 0. The van der Waals surface area contributed by atoms with Gasteiger partial charge < -0.3 is 4.55 Å². The predicted molar refractivity (Wildman–Crippen MR) is 63.7 cm³/mol. The monoisotopic (exact) mass is 299 g/mol. The Morgan fingerprint density at radius 2 is 1.78 bits per heavy atom. The SMILES string of the molecule is CC(C)CNS(=O)(=O)c1ccc(S(=O)[O-])cc1.[Na+]. The number of nitrogens with one attached hydrogen (secondary N) is 1. The molecule has 18 heavy (non-hydrogen) atoms. The van der Waals surface area contributed by atoms with Gasteiger partial charge in [0.25, 0.3) is 0 Å². The average molecular weight is 299 g/mol. The third-order valence-corrected chi connectivity index (χ3v) is 4.10. The Bertz CT molecular complexity index is 499.